The number of phosphoric ester groups is 1. The van der Waals surface area contributed by atoms with E-state index in [4.69, 9.17) is 13.6 Å². The Morgan fingerprint density at radius 2 is 1.45 bits per heavy atom. The Hall–Kier alpha value is -2.06. The van der Waals surface area contributed by atoms with E-state index in [9.17, 15) is 26.9 Å². The van der Waals surface area contributed by atoms with E-state index in [0.29, 0.717) is 0 Å². The predicted molar refractivity (Wildman–Crippen MR) is 96.8 cm³/mol. The van der Waals surface area contributed by atoms with Crippen molar-refractivity contribution < 1.29 is 40.5 Å². The number of alkyl halides is 3. The molecular formula is C19H19F4O5P. The van der Waals surface area contributed by atoms with Crippen LogP contribution in [0.25, 0.3) is 0 Å². The van der Waals surface area contributed by atoms with E-state index in [-0.39, 0.29) is 13.2 Å². The number of carbonyl (C=O) groups excluding carboxylic acids is 1. The van der Waals surface area contributed by atoms with Crippen LogP contribution in [0.1, 0.15) is 29.8 Å². The molecule has 0 N–H and O–H groups in total. The van der Waals surface area contributed by atoms with Crippen molar-refractivity contribution in [2.24, 2.45) is 0 Å². The number of hydrogen-bond donors (Lipinski definition) is 0. The molecule has 0 bridgehead atoms. The molecule has 0 saturated carbocycles. The summed E-state index contributed by atoms with van der Waals surface area (Å²) in [5.74, 6) is -2.33. The van der Waals surface area contributed by atoms with Crippen molar-refractivity contribution in [3.05, 3.63) is 71.5 Å². The second-order valence-electron chi connectivity index (χ2n) is 5.76. The van der Waals surface area contributed by atoms with Gasteiger partial charge in [-0.1, -0.05) is 30.3 Å². The molecule has 0 aliphatic carbocycles. The van der Waals surface area contributed by atoms with Crippen LogP contribution in [-0.2, 0) is 23.7 Å². The number of carbonyl (C=O) groups is 1. The second kappa shape index (κ2) is 9.17. The van der Waals surface area contributed by atoms with Gasteiger partial charge in [-0.05, 0) is 38.1 Å². The van der Waals surface area contributed by atoms with Gasteiger partial charge in [-0.3, -0.25) is 18.4 Å². The highest BCUT2D eigenvalue weighted by Gasteiger charge is 2.66. The van der Waals surface area contributed by atoms with E-state index in [1.54, 1.807) is 0 Å². The minimum Gasteiger partial charge on any atom is -0.290 e. The van der Waals surface area contributed by atoms with Crippen molar-refractivity contribution in [1.29, 1.82) is 0 Å². The molecule has 1 unspecified atom stereocenters. The van der Waals surface area contributed by atoms with E-state index < -0.39 is 42.3 Å². The molecule has 0 saturated heterocycles. The van der Waals surface area contributed by atoms with Gasteiger partial charge in [0.05, 0.1) is 13.2 Å². The van der Waals surface area contributed by atoms with Crippen molar-refractivity contribution in [3.8, 4) is 0 Å². The molecule has 0 amide bonds. The Bertz CT molecular complexity index is 860. The van der Waals surface area contributed by atoms with Crippen molar-refractivity contribution in [2.75, 3.05) is 13.2 Å². The number of benzene rings is 2. The number of Topliss-reactive ketones (excluding diaryl/α,β-unsaturated/α-hetero) is 1. The molecule has 2 aromatic carbocycles. The summed E-state index contributed by atoms with van der Waals surface area (Å²) >= 11 is 0. The highest BCUT2D eigenvalue weighted by atomic mass is 31.2. The molecule has 2 rings (SSSR count). The van der Waals surface area contributed by atoms with Crippen molar-refractivity contribution >= 4 is 13.6 Å². The summed E-state index contributed by atoms with van der Waals surface area (Å²) in [6.45, 7) is 2.19. The van der Waals surface area contributed by atoms with Crippen LogP contribution in [0.15, 0.2) is 54.6 Å². The van der Waals surface area contributed by atoms with Gasteiger partial charge < -0.3 is 0 Å². The molecule has 0 heterocycles. The van der Waals surface area contributed by atoms with E-state index in [1.807, 2.05) is 0 Å². The van der Waals surface area contributed by atoms with Crippen LogP contribution < -0.4 is 0 Å². The van der Waals surface area contributed by atoms with Crippen LogP contribution in [0.4, 0.5) is 17.6 Å². The Kier molecular flexibility index (Phi) is 7.35. The van der Waals surface area contributed by atoms with Gasteiger partial charge in [-0.15, -0.1) is 0 Å². The van der Waals surface area contributed by atoms with Crippen LogP contribution >= 0.6 is 7.82 Å². The maximum Gasteiger partial charge on any atom is 0.476 e. The molecule has 0 fully saturated rings. The van der Waals surface area contributed by atoms with E-state index in [1.165, 1.54) is 32.0 Å². The third-order valence-corrected chi connectivity index (χ3v) is 5.48. The number of ketones is 1. The van der Waals surface area contributed by atoms with Crippen molar-refractivity contribution in [1.82, 2.24) is 0 Å². The van der Waals surface area contributed by atoms with Crippen LogP contribution in [0.5, 0.6) is 0 Å². The topological polar surface area (TPSA) is 61.8 Å². The average molecular weight is 434 g/mol. The number of hydrogen-bond acceptors (Lipinski definition) is 5. The fourth-order valence-electron chi connectivity index (χ4n) is 2.62. The average Bonchev–Trinajstić information content (AvgIpc) is 2.66. The molecule has 0 spiro atoms. The molecular weight excluding hydrogens is 415 g/mol. The van der Waals surface area contributed by atoms with Crippen LogP contribution in [0.3, 0.4) is 0 Å². The summed E-state index contributed by atoms with van der Waals surface area (Å²) < 4.78 is 84.0. The molecule has 1 atom stereocenters. The van der Waals surface area contributed by atoms with Gasteiger partial charge in [0.25, 0.3) is 5.60 Å². The number of phosphoric acid groups is 1. The maximum atomic E-state index is 14.4. The quantitative estimate of drug-likeness (QED) is 0.289. The summed E-state index contributed by atoms with van der Waals surface area (Å²) in [7, 11) is -4.80. The van der Waals surface area contributed by atoms with Crippen LogP contribution in [-0.4, -0.2) is 25.2 Å². The molecule has 0 radical (unpaired) electrons. The molecule has 29 heavy (non-hydrogen) atoms. The Balaban J connectivity index is 2.75. The molecule has 2 aromatic rings. The van der Waals surface area contributed by atoms with Gasteiger partial charge in [-0.2, -0.15) is 13.2 Å². The first-order valence-corrected chi connectivity index (χ1v) is 10.1. The summed E-state index contributed by atoms with van der Waals surface area (Å²) in [5.41, 5.74) is -4.82. The highest BCUT2D eigenvalue weighted by molar-refractivity contribution is 7.48. The Morgan fingerprint density at radius 3 is 1.90 bits per heavy atom. The van der Waals surface area contributed by atoms with Crippen LogP contribution in [0.2, 0.25) is 0 Å². The zero-order valence-electron chi connectivity index (χ0n) is 15.6. The van der Waals surface area contributed by atoms with Crippen molar-refractivity contribution in [2.45, 2.75) is 25.6 Å². The van der Waals surface area contributed by atoms with E-state index >= 15 is 0 Å². The maximum absolute atomic E-state index is 14.4. The zero-order valence-corrected chi connectivity index (χ0v) is 16.5. The summed E-state index contributed by atoms with van der Waals surface area (Å²) in [6, 6.07) is 9.44. The first kappa shape index (κ1) is 23.2. The lowest BCUT2D eigenvalue weighted by Gasteiger charge is -2.36. The lowest BCUT2D eigenvalue weighted by atomic mass is 9.85. The molecule has 5 nitrogen and oxygen atoms in total. The normalized spacial score (nSPS) is 14.4. The SMILES string of the molecule is CCOP(=O)(OCC)OC(C(=O)c1ccc(F)cc1)(c1ccccc1)C(F)(F)F. The van der Waals surface area contributed by atoms with Gasteiger partial charge in [0, 0.05) is 11.1 Å². The minimum absolute atomic E-state index is 0.287. The third-order valence-electron chi connectivity index (χ3n) is 3.83. The fourth-order valence-corrected chi connectivity index (χ4v) is 4.06. The Morgan fingerprint density at radius 1 is 0.931 bits per heavy atom. The first-order chi connectivity index (χ1) is 13.6. The van der Waals surface area contributed by atoms with E-state index in [0.717, 1.165) is 36.4 Å². The van der Waals surface area contributed by atoms with Gasteiger partial charge >= 0.3 is 14.0 Å². The number of rotatable bonds is 9. The summed E-state index contributed by atoms with van der Waals surface area (Å²) in [6.07, 6.45) is -5.36. The van der Waals surface area contributed by atoms with Gasteiger partial charge in [0.1, 0.15) is 5.82 Å². The summed E-state index contributed by atoms with van der Waals surface area (Å²) in [5, 5.41) is 0. The number of halogens is 4. The Labute approximate surface area is 165 Å². The molecule has 0 aliphatic heterocycles. The molecule has 0 aromatic heterocycles. The largest absolute Gasteiger partial charge is 0.476 e. The standard InChI is InChI=1S/C19H19F4O5P/c1-3-26-29(25,27-4-2)28-18(19(21,22)23,15-8-6-5-7-9-15)17(24)14-10-12-16(20)13-11-14/h5-13H,3-4H2,1-2H3. The van der Waals surface area contributed by atoms with Crippen molar-refractivity contribution in [3.63, 3.8) is 0 Å². The van der Waals surface area contributed by atoms with Gasteiger partial charge in [-0.25, -0.2) is 8.96 Å². The third kappa shape index (κ3) is 4.93. The minimum atomic E-state index is -5.36. The zero-order chi connectivity index (χ0) is 21.7. The second-order valence-corrected chi connectivity index (χ2v) is 7.35. The fraction of sp³-hybridized carbons (Fsp3) is 0.316. The summed E-state index contributed by atoms with van der Waals surface area (Å²) in [4.78, 5) is 13.1. The molecule has 0 aliphatic rings. The predicted octanol–water partition coefficient (Wildman–Crippen LogP) is 5.66. The lowest BCUT2D eigenvalue weighted by molar-refractivity contribution is -0.237. The highest BCUT2D eigenvalue weighted by Crippen LogP contribution is 2.59. The first-order valence-electron chi connectivity index (χ1n) is 8.62. The van der Waals surface area contributed by atoms with Gasteiger partial charge in [0.15, 0.2) is 0 Å². The van der Waals surface area contributed by atoms with E-state index in [2.05, 4.69) is 0 Å². The van der Waals surface area contributed by atoms with Crippen LogP contribution in [0, 0.1) is 5.82 Å². The molecule has 158 valence electrons. The smallest absolute Gasteiger partial charge is 0.290 e. The monoisotopic (exact) mass is 434 g/mol. The van der Waals surface area contributed by atoms with Gasteiger partial charge in [0.2, 0.25) is 5.78 Å². The lowest BCUT2D eigenvalue weighted by Crippen LogP contribution is -2.51. The molecule has 10 heteroatoms.